The zero-order valence-electron chi connectivity index (χ0n) is 12.0. The van der Waals surface area contributed by atoms with Crippen molar-refractivity contribution in [2.24, 2.45) is 11.7 Å². The SMILES string of the molecule is CCN1CCOC(c2noc(C(CN)C(C)C)n2)C1. The molecule has 19 heavy (non-hydrogen) atoms. The van der Waals surface area contributed by atoms with Crippen LogP contribution >= 0.6 is 0 Å². The number of morpholine rings is 1. The van der Waals surface area contributed by atoms with Crippen molar-refractivity contribution in [2.45, 2.75) is 32.8 Å². The number of hydrogen-bond acceptors (Lipinski definition) is 6. The molecule has 1 aliphatic rings. The molecule has 1 aliphatic heterocycles. The van der Waals surface area contributed by atoms with E-state index < -0.39 is 0 Å². The summed E-state index contributed by atoms with van der Waals surface area (Å²) in [6.07, 6.45) is -0.0863. The van der Waals surface area contributed by atoms with E-state index >= 15 is 0 Å². The van der Waals surface area contributed by atoms with Gasteiger partial charge in [0, 0.05) is 19.6 Å². The smallest absolute Gasteiger partial charge is 0.231 e. The van der Waals surface area contributed by atoms with Crippen molar-refractivity contribution >= 4 is 0 Å². The summed E-state index contributed by atoms with van der Waals surface area (Å²) >= 11 is 0. The first-order valence-corrected chi connectivity index (χ1v) is 7.03. The van der Waals surface area contributed by atoms with Crippen molar-refractivity contribution in [3.05, 3.63) is 11.7 Å². The highest BCUT2D eigenvalue weighted by molar-refractivity contribution is 4.99. The van der Waals surface area contributed by atoms with Gasteiger partial charge in [-0.05, 0) is 12.5 Å². The Balaban J connectivity index is 2.07. The molecular weight excluding hydrogens is 244 g/mol. The number of hydrogen-bond donors (Lipinski definition) is 1. The first-order chi connectivity index (χ1) is 9.15. The second-order valence-electron chi connectivity index (χ2n) is 5.33. The lowest BCUT2D eigenvalue weighted by Gasteiger charge is -2.30. The molecule has 1 aromatic heterocycles. The van der Waals surface area contributed by atoms with E-state index in [1.54, 1.807) is 0 Å². The first-order valence-electron chi connectivity index (χ1n) is 7.03. The van der Waals surface area contributed by atoms with E-state index in [1.165, 1.54) is 0 Å². The van der Waals surface area contributed by atoms with Gasteiger partial charge in [-0.2, -0.15) is 4.98 Å². The number of nitrogens with two attached hydrogens (primary N) is 1. The molecule has 2 rings (SSSR count). The van der Waals surface area contributed by atoms with E-state index in [2.05, 4.69) is 35.8 Å². The Morgan fingerprint density at radius 1 is 1.47 bits per heavy atom. The Hall–Kier alpha value is -0.980. The molecule has 2 heterocycles. The van der Waals surface area contributed by atoms with Crippen LogP contribution in [0.15, 0.2) is 4.52 Å². The first kappa shape index (κ1) is 14.4. The fourth-order valence-electron chi connectivity index (χ4n) is 2.33. The molecule has 1 aromatic rings. The van der Waals surface area contributed by atoms with Crippen LogP contribution in [0.1, 0.15) is 44.5 Å². The third kappa shape index (κ3) is 3.32. The Labute approximate surface area is 114 Å². The largest absolute Gasteiger partial charge is 0.367 e. The molecule has 108 valence electrons. The quantitative estimate of drug-likeness (QED) is 0.863. The van der Waals surface area contributed by atoms with Crippen molar-refractivity contribution in [1.82, 2.24) is 15.0 Å². The molecule has 1 saturated heterocycles. The summed E-state index contributed by atoms with van der Waals surface area (Å²) in [4.78, 5) is 6.81. The number of ether oxygens (including phenoxy) is 1. The number of likely N-dealkylation sites (N-methyl/N-ethyl adjacent to an activating group) is 1. The minimum Gasteiger partial charge on any atom is -0.367 e. The highest BCUT2D eigenvalue weighted by Gasteiger charge is 2.28. The summed E-state index contributed by atoms with van der Waals surface area (Å²) < 4.78 is 11.1. The topological polar surface area (TPSA) is 77.4 Å². The maximum absolute atomic E-state index is 5.77. The molecule has 1 fully saturated rings. The van der Waals surface area contributed by atoms with Gasteiger partial charge in [-0.1, -0.05) is 25.9 Å². The summed E-state index contributed by atoms with van der Waals surface area (Å²) in [5.74, 6) is 1.78. The third-order valence-electron chi connectivity index (χ3n) is 3.72. The van der Waals surface area contributed by atoms with Gasteiger partial charge < -0.3 is 15.0 Å². The summed E-state index contributed by atoms with van der Waals surface area (Å²) in [5.41, 5.74) is 5.77. The molecule has 2 unspecified atom stereocenters. The van der Waals surface area contributed by atoms with Crippen LogP contribution < -0.4 is 5.73 Å². The van der Waals surface area contributed by atoms with Gasteiger partial charge in [0.2, 0.25) is 11.7 Å². The van der Waals surface area contributed by atoms with E-state index in [1.807, 2.05) is 0 Å². The van der Waals surface area contributed by atoms with Crippen LogP contribution in [0, 0.1) is 5.92 Å². The van der Waals surface area contributed by atoms with Crippen LogP contribution in [0.5, 0.6) is 0 Å². The Bertz CT molecular complexity index is 394. The van der Waals surface area contributed by atoms with E-state index in [9.17, 15) is 0 Å². The van der Waals surface area contributed by atoms with E-state index in [0.29, 0.717) is 30.8 Å². The van der Waals surface area contributed by atoms with Crippen LogP contribution in [0.25, 0.3) is 0 Å². The fraction of sp³-hybridized carbons (Fsp3) is 0.846. The summed E-state index contributed by atoms with van der Waals surface area (Å²) in [7, 11) is 0. The van der Waals surface area contributed by atoms with Crippen LogP contribution in [-0.2, 0) is 4.74 Å². The lowest BCUT2D eigenvalue weighted by molar-refractivity contribution is -0.0334. The molecular formula is C13H24N4O2. The van der Waals surface area contributed by atoms with Gasteiger partial charge in [-0.15, -0.1) is 0 Å². The molecule has 0 aliphatic carbocycles. The third-order valence-corrected chi connectivity index (χ3v) is 3.72. The van der Waals surface area contributed by atoms with Crippen molar-refractivity contribution in [1.29, 1.82) is 0 Å². The van der Waals surface area contributed by atoms with Crippen molar-refractivity contribution in [3.8, 4) is 0 Å². The standard InChI is InChI=1S/C13H24N4O2/c1-4-17-5-6-18-11(8-17)12-15-13(19-16-12)10(7-14)9(2)3/h9-11H,4-8,14H2,1-3H3. The molecule has 2 atom stereocenters. The maximum Gasteiger partial charge on any atom is 0.231 e. The van der Waals surface area contributed by atoms with E-state index in [0.717, 1.165) is 19.6 Å². The lowest BCUT2D eigenvalue weighted by Crippen LogP contribution is -2.38. The lowest BCUT2D eigenvalue weighted by atomic mass is 9.96. The van der Waals surface area contributed by atoms with Crippen molar-refractivity contribution in [2.75, 3.05) is 32.8 Å². The second kappa shape index (κ2) is 6.45. The average Bonchev–Trinajstić information content (AvgIpc) is 2.89. The molecule has 0 spiro atoms. The van der Waals surface area contributed by atoms with Gasteiger partial charge in [-0.25, -0.2) is 0 Å². The van der Waals surface area contributed by atoms with Crippen LogP contribution in [0.3, 0.4) is 0 Å². The summed E-state index contributed by atoms with van der Waals surface area (Å²) in [5, 5.41) is 4.07. The molecule has 6 heteroatoms. The minimum absolute atomic E-state index is 0.0863. The second-order valence-corrected chi connectivity index (χ2v) is 5.33. The number of aromatic nitrogens is 2. The van der Waals surface area contributed by atoms with Gasteiger partial charge in [-0.3, -0.25) is 4.90 Å². The summed E-state index contributed by atoms with van der Waals surface area (Å²) in [6.45, 7) is 10.4. The molecule has 2 N–H and O–H groups in total. The molecule has 6 nitrogen and oxygen atoms in total. The van der Waals surface area contributed by atoms with Crippen LogP contribution in [0.4, 0.5) is 0 Å². The monoisotopic (exact) mass is 268 g/mol. The zero-order valence-corrected chi connectivity index (χ0v) is 12.0. The van der Waals surface area contributed by atoms with Gasteiger partial charge >= 0.3 is 0 Å². The minimum atomic E-state index is -0.0863. The Kier molecular flexibility index (Phi) is 4.90. The highest BCUT2D eigenvalue weighted by atomic mass is 16.5. The Morgan fingerprint density at radius 3 is 2.89 bits per heavy atom. The zero-order chi connectivity index (χ0) is 13.8. The summed E-state index contributed by atoms with van der Waals surface area (Å²) in [6, 6.07) is 0. The van der Waals surface area contributed by atoms with Gasteiger partial charge in [0.1, 0.15) is 6.10 Å². The van der Waals surface area contributed by atoms with Gasteiger partial charge in [0.15, 0.2) is 0 Å². The highest BCUT2D eigenvalue weighted by Crippen LogP contribution is 2.25. The van der Waals surface area contributed by atoms with Crippen LogP contribution in [0.2, 0.25) is 0 Å². The van der Waals surface area contributed by atoms with Crippen LogP contribution in [-0.4, -0.2) is 47.8 Å². The molecule has 0 aromatic carbocycles. The average molecular weight is 268 g/mol. The molecule has 0 saturated carbocycles. The maximum atomic E-state index is 5.77. The fourth-order valence-corrected chi connectivity index (χ4v) is 2.33. The van der Waals surface area contributed by atoms with Gasteiger partial charge in [0.05, 0.1) is 12.5 Å². The van der Waals surface area contributed by atoms with E-state index in [-0.39, 0.29) is 12.0 Å². The normalized spacial score (nSPS) is 22.9. The molecule has 0 amide bonds. The van der Waals surface area contributed by atoms with Crippen molar-refractivity contribution in [3.63, 3.8) is 0 Å². The molecule has 0 bridgehead atoms. The van der Waals surface area contributed by atoms with Gasteiger partial charge in [0.25, 0.3) is 0 Å². The predicted octanol–water partition coefficient (Wildman–Crippen LogP) is 1.16. The molecule has 0 radical (unpaired) electrons. The van der Waals surface area contributed by atoms with Crippen molar-refractivity contribution < 1.29 is 9.26 Å². The predicted molar refractivity (Wildman–Crippen MR) is 71.7 cm³/mol. The van der Waals surface area contributed by atoms with E-state index in [4.69, 9.17) is 15.0 Å². The number of nitrogens with zero attached hydrogens (tertiary/aromatic N) is 3. The number of rotatable bonds is 5. The Morgan fingerprint density at radius 2 is 2.26 bits per heavy atom.